The van der Waals surface area contributed by atoms with Crippen LogP contribution in [0.1, 0.15) is 18.4 Å². The van der Waals surface area contributed by atoms with Crippen molar-refractivity contribution in [3.63, 3.8) is 0 Å². The maximum Gasteiger partial charge on any atom is 0.0465 e. The van der Waals surface area contributed by atoms with E-state index in [0.717, 1.165) is 36.8 Å². The highest BCUT2D eigenvalue weighted by atomic mass is 35.5. The largest absolute Gasteiger partial charge is 0.330 e. The van der Waals surface area contributed by atoms with Gasteiger partial charge in [-0.1, -0.05) is 29.3 Å². The molecule has 2 nitrogen and oxygen atoms in total. The Morgan fingerprint density at radius 3 is 2.78 bits per heavy atom. The summed E-state index contributed by atoms with van der Waals surface area (Å²) in [5, 5.41) is 1.45. The lowest BCUT2D eigenvalue weighted by Crippen LogP contribution is -2.37. The molecule has 1 aromatic rings. The Morgan fingerprint density at radius 1 is 1.33 bits per heavy atom. The molecule has 18 heavy (non-hydrogen) atoms. The van der Waals surface area contributed by atoms with Crippen LogP contribution in [0.15, 0.2) is 18.2 Å². The van der Waals surface area contributed by atoms with Gasteiger partial charge in [-0.2, -0.15) is 0 Å². The minimum Gasteiger partial charge on any atom is -0.330 e. The first kappa shape index (κ1) is 16.1. The van der Waals surface area contributed by atoms with Crippen LogP contribution in [0.25, 0.3) is 0 Å². The summed E-state index contributed by atoms with van der Waals surface area (Å²) >= 11 is 12.1. The smallest absolute Gasteiger partial charge is 0.0465 e. The molecule has 5 heteroatoms. The Kier molecular flexibility index (Phi) is 6.75. The Bertz CT molecular complexity index is 384. The quantitative estimate of drug-likeness (QED) is 0.924. The number of nitrogens with zero attached hydrogens (tertiary/aromatic N) is 1. The molecule has 1 unspecified atom stereocenters. The molecular formula is C13H19Cl3N2. The van der Waals surface area contributed by atoms with Crippen molar-refractivity contribution >= 4 is 35.6 Å². The molecule has 1 atom stereocenters. The predicted molar refractivity (Wildman–Crippen MR) is 80.8 cm³/mol. The number of nitrogens with two attached hydrogens (primary N) is 1. The third-order valence-corrected chi connectivity index (χ3v) is 3.93. The van der Waals surface area contributed by atoms with Gasteiger partial charge in [0.1, 0.15) is 0 Å². The van der Waals surface area contributed by atoms with Crippen molar-refractivity contribution in [3.8, 4) is 0 Å². The van der Waals surface area contributed by atoms with Crippen molar-refractivity contribution in [2.24, 2.45) is 11.7 Å². The Hall–Kier alpha value is 0.01000. The van der Waals surface area contributed by atoms with E-state index in [1.54, 1.807) is 0 Å². The maximum atomic E-state index is 6.18. The second-order valence-electron chi connectivity index (χ2n) is 4.71. The Balaban J connectivity index is 0.00000162. The van der Waals surface area contributed by atoms with Crippen molar-refractivity contribution in [1.82, 2.24) is 4.90 Å². The fourth-order valence-electron chi connectivity index (χ4n) is 2.38. The second kappa shape index (κ2) is 7.56. The molecule has 1 fully saturated rings. The Labute approximate surface area is 125 Å². The van der Waals surface area contributed by atoms with E-state index in [9.17, 15) is 0 Å². The lowest BCUT2D eigenvalue weighted by molar-refractivity contribution is 0.171. The molecule has 1 saturated heterocycles. The molecule has 0 aliphatic carbocycles. The van der Waals surface area contributed by atoms with Crippen molar-refractivity contribution in [2.45, 2.75) is 19.4 Å². The van der Waals surface area contributed by atoms with Crippen molar-refractivity contribution in [2.75, 3.05) is 19.6 Å². The summed E-state index contributed by atoms with van der Waals surface area (Å²) in [6.45, 7) is 3.89. The van der Waals surface area contributed by atoms with Gasteiger partial charge in [-0.25, -0.2) is 0 Å². The van der Waals surface area contributed by atoms with E-state index in [4.69, 9.17) is 28.9 Å². The van der Waals surface area contributed by atoms with Crippen LogP contribution in [0.4, 0.5) is 0 Å². The number of rotatable bonds is 3. The van der Waals surface area contributed by atoms with E-state index < -0.39 is 0 Å². The summed E-state index contributed by atoms with van der Waals surface area (Å²) in [5.41, 5.74) is 6.89. The number of hydrogen-bond acceptors (Lipinski definition) is 2. The molecule has 2 rings (SSSR count). The number of benzene rings is 1. The summed E-state index contributed by atoms with van der Waals surface area (Å²) in [6, 6.07) is 5.71. The number of piperidine rings is 1. The zero-order valence-corrected chi connectivity index (χ0v) is 12.6. The van der Waals surface area contributed by atoms with Gasteiger partial charge in [0, 0.05) is 23.1 Å². The molecule has 0 radical (unpaired) electrons. The van der Waals surface area contributed by atoms with Crippen LogP contribution in [0.3, 0.4) is 0 Å². The molecule has 1 aromatic carbocycles. The second-order valence-corrected chi connectivity index (χ2v) is 5.56. The fraction of sp³-hybridized carbons (Fsp3) is 0.538. The van der Waals surface area contributed by atoms with Gasteiger partial charge in [0.05, 0.1) is 0 Å². The molecule has 1 heterocycles. The molecule has 0 amide bonds. The molecule has 1 aliphatic rings. The number of likely N-dealkylation sites (tertiary alicyclic amines) is 1. The van der Waals surface area contributed by atoms with E-state index in [2.05, 4.69) is 4.90 Å². The first-order valence-corrected chi connectivity index (χ1v) is 6.81. The number of halogens is 3. The van der Waals surface area contributed by atoms with E-state index in [-0.39, 0.29) is 12.4 Å². The summed E-state index contributed by atoms with van der Waals surface area (Å²) < 4.78 is 0. The third-order valence-electron chi connectivity index (χ3n) is 3.35. The van der Waals surface area contributed by atoms with Crippen LogP contribution in [0.2, 0.25) is 10.0 Å². The topological polar surface area (TPSA) is 29.3 Å². The zero-order valence-electron chi connectivity index (χ0n) is 10.2. The third kappa shape index (κ3) is 4.29. The molecule has 0 aromatic heterocycles. The van der Waals surface area contributed by atoms with Crippen LogP contribution >= 0.6 is 35.6 Å². The minimum atomic E-state index is 0. The molecule has 2 N–H and O–H groups in total. The zero-order chi connectivity index (χ0) is 12.3. The van der Waals surface area contributed by atoms with Gasteiger partial charge in [-0.3, -0.25) is 4.90 Å². The molecule has 0 saturated carbocycles. The average molecular weight is 310 g/mol. The van der Waals surface area contributed by atoms with E-state index >= 15 is 0 Å². The minimum absolute atomic E-state index is 0. The molecular weight excluding hydrogens is 291 g/mol. The van der Waals surface area contributed by atoms with Gasteiger partial charge < -0.3 is 5.73 Å². The van der Waals surface area contributed by atoms with Crippen LogP contribution in [-0.4, -0.2) is 24.5 Å². The van der Waals surface area contributed by atoms with Gasteiger partial charge in [0.2, 0.25) is 0 Å². The van der Waals surface area contributed by atoms with E-state index in [1.165, 1.54) is 12.8 Å². The van der Waals surface area contributed by atoms with Gasteiger partial charge in [0.15, 0.2) is 0 Å². The van der Waals surface area contributed by atoms with Gasteiger partial charge in [-0.05, 0) is 49.5 Å². The summed E-state index contributed by atoms with van der Waals surface area (Å²) in [7, 11) is 0. The molecule has 1 aliphatic heterocycles. The summed E-state index contributed by atoms with van der Waals surface area (Å²) in [5.74, 6) is 0.634. The Morgan fingerprint density at radius 2 is 2.11 bits per heavy atom. The van der Waals surface area contributed by atoms with Crippen molar-refractivity contribution in [3.05, 3.63) is 33.8 Å². The highest BCUT2D eigenvalue weighted by Crippen LogP contribution is 2.24. The standard InChI is InChI=1S/C13H18Cl2N2.ClH/c14-12-4-3-11(13(15)6-12)9-17-5-1-2-10(7-16)8-17;/h3-4,6,10H,1-2,5,7-9,16H2;1H. The lowest BCUT2D eigenvalue weighted by atomic mass is 9.98. The summed E-state index contributed by atoms with van der Waals surface area (Å²) in [6.07, 6.45) is 2.48. The fourth-order valence-corrected chi connectivity index (χ4v) is 2.85. The first-order chi connectivity index (χ1) is 8.19. The highest BCUT2D eigenvalue weighted by molar-refractivity contribution is 6.35. The van der Waals surface area contributed by atoms with Gasteiger partial charge >= 0.3 is 0 Å². The van der Waals surface area contributed by atoms with Crippen LogP contribution < -0.4 is 5.73 Å². The van der Waals surface area contributed by atoms with E-state index in [0.29, 0.717) is 10.9 Å². The van der Waals surface area contributed by atoms with Crippen molar-refractivity contribution < 1.29 is 0 Å². The van der Waals surface area contributed by atoms with Crippen molar-refractivity contribution in [1.29, 1.82) is 0 Å². The van der Waals surface area contributed by atoms with Crippen LogP contribution in [0.5, 0.6) is 0 Å². The SMILES string of the molecule is Cl.NCC1CCCN(Cc2ccc(Cl)cc2Cl)C1. The monoisotopic (exact) mass is 308 g/mol. The van der Waals surface area contributed by atoms with E-state index in [1.807, 2.05) is 18.2 Å². The average Bonchev–Trinajstić information content (AvgIpc) is 2.33. The maximum absolute atomic E-state index is 6.18. The van der Waals surface area contributed by atoms with Crippen LogP contribution in [0, 0.1) is 5.92 Å². The normalized spacial score (nSPS) is 20.5. The van der Waals surface area contributed by atoms with Crippen LogP contribution in [-0.2, 0) is 6.54 Å². The lowest BCUT2D eigenvalue weighted by Gasteiger charge is -2.32. The highest BCUT2D eigenvalue weighted by Gasteiger charge is 2.19. The predicted octanol–water partition coefficient (Wildman–Crippen LogP) is 3.59. The summed E-state index contributed by atoms with van der Waals surface area (Å²) in [4.78, 5) is 2.43. The first-order valence-electron chi connectivity index (χ1n) is 6.05. The molecule has 0 bridgehead atoms. The molecule has 102 valence electrons. The van der Waals surface area contributed by atoms with Gasteiger partial charge in [0.25, 0.3) is 0 Å². The van der Waals surface area contributed by atoms with Gasteiger partial charge in [-0.15, -0.1) is 12.4 Å². The molecule has 0 spiro atoms. The number of hydrogen-bond donors (Lipinski definition) is 1.